The second-order valence-corrected chi connectivity index (χ2v) is 28.2. The summed E-state index contributed by atoms with van der Waals surface area (Å²) in [6.07, 6.45) is -1.98. The highest BCUT2D eigenvalue weighted by molar-refractivity contribution is 4.77. The van der Waals surface area contributed by atoms with Crippen LogP contribution in [0.4, 0.5) is 0 Å². The minimum atomic E-state index is -0.406. The Kier molecular flexibility index (Phi) is 30.8. The van der Waals surface area contributed by atoms with E-state index in [2.05, 4.69) is 20.8 Å². The van der Waals surface area contributed by atoms with E-state index in [1.54, 1.807) is 0 Å². The molecule has 6 atom stereocenters. The Morgan fingerprint density at radius 2 is 0.408 bits per heavy atom. The third kappa shape index (κ3) is 45.4. The number of rotatable bonds is 34. The first-order valence-electron chi connectivity index (χ1n) is 26.6. The van der Waals surface area contributed by atoms with E-state index < -0.39 is 23.4 Å². The molecule has 6 unspecified atom stereocenters. The second-order valence-electron chi connectivity index (χ2n) is 28.2. The standard InChI is InChI=1S/C57H116O14/c1-49(2,3)42(28-58-30-43(62-36-47(70-56(22,23)24)40-66-52(10,11)12)32-60-34-45(68-54(16,17)18)38-64-50(4,5)6)29-59-31-44(63-37-48(71-57(25,26)27)41-67-53(13,14)15)33-61-35-46(69-55(19,20)21)39-65-51(7,8)9/h42-48H,28-41H2,1-27H3. The molecule has 0 N–H and O–H groups in total. The van der Waals surface area contributed by atoms with Gasteiger partial charge >= 0.3 is 0 Å². The molecule has 0 saturated carbocycles. The lowest BCUT2D eigenvalue weighted by atomic mass is 9.82. The minimum Gasteiger partial charge on any atom is -0.378 e. The number of hydrogen-bond donors (Lipinski definition) is 0. The van der Waals surface area contributed by atoms with Crippen LogP contribution in [-0.4, -0.2) is 174 Å². The van der Waals surface area contributed by atoms with Gasteiger partial charge in [0.25, 0.3) is 0 Å². The van der Waals surface area contributed by atoms with Crippen molar-refractivity contribution in [2.45, 2.75) is 268 Å². The Labute approximate surface area is 437 Å². The third-order valence-corrected chi connectivity index (χ3v) is 9.61. The highest BCUT2D eigenvalue weighted by Gasteiger charge is 2.30. The maximum absolute atomic E-state index is 6.59. The van der Waals surface area contributed by atoms with Crippen molar-refractivity contribution in [3.8, 4) is 0 Å². The van der Waals surface area contributed by atoms with Crippen LogP contribution in [0.5, 0.6) is 0 Å². The molecule has 0 fully saturated rings. The van der Waals surface area contributed by atoms with Crippen LogP contribution in [0.3, 0.4) is 0 Å². The topological polar surface area (TPSA) is 129 Å². The Morgan fingerprint density at radius 1 is 0.211 bits per heavy atom. The van der Waals surface area contributed by atoms with Gasteiger partial charge in [-0.05, 0) is 172 Å². The average Bonchev–Trinajstić information content (AvgIpc) is 3.12. The van der Waals surface area contributed by atoms with Gasteiger partial charge in [0, 0.05) is 5.92 Å². The lowest BCUT2D eigenvalue weighted by Crippen LogP contribution is -2.41. The van der Waals surface area contributed by atoms with Crippen molar-refractivity contribution < 1.29 is 66.3 Å². The van der Waals surface area contributed by atoms with Gasteiger partial charge in [0.05, 0.1) is 137 Å². The minimum absolute atomic E-state index is 0.0261. The second kappa shape index (κ2) is 31.0. The fourth-order valence-electron chi connectivity index (χ4n) is 6.51. The van der Waals surface area contributed by atoms with Gasteiger partial charge in [-0.1, -0.05) is 20.8 Å². The van der Waals surface area contributed by atoms with Crippen molar-refractivity contribution in [3.05, 3.63) is 0 Å². The summed E-state index contributed by atoms with van der Waals surface area (Å²) in [6.45, 7) is 60.3. The zero-order valence-corrected chi connectivity index (χ0v) is 51.2. The molecular weight excluding hydrogens is 909 g/mol. The van der Waals surface area contributed by atoms with Crippen LogP contribution in [0.25, 0.3) is 0 Å². The van der Waals surface area contributed by atoms with Gasteiger partial charge in [-0.15, -0.1) is 0 Å². The molecule has 0 aromatic rings. The Hall–Kier alpha value is -0.560. The van der Waals surface area contributed by atoms with E-state index in [-0.39, 0.29) is 82.6 Å². The number of ether oxygens (including phenoxy) is 14. The predicted octanol–water partition coefficient (Wildman–Crippen LogP) is 11.5. The fourth-order valence-corrected chi connectivity index (χ4v) is 6.51. The first-order valence-corrected chi connectivity index (χ1v) is 26.6. The molecule has 0 radical (unpaired) electrons. The molecular formula is C57H116O14. The van der Waals surface area contributed by atoms with Crippen LogP contribution in [0.15, 0.2) is 0 Å². The molecule has 428 valence electrons. The van der Waals surface area contributed by atoms with Crippen LogP contribution in [0, 0.1) is 11.3 Å². The largest absolute Gasteiger partial charge is 0.378 e. The zero-order chi connectivity index (χ0) is 55.3. The van der Waals surface area contributed by atoms with Crippen LogP contribution in [0.1, 0.15) is 187 Å². The van der Waals surface area contributed by atoms with E-state index in [1.165, 1.54) is 0 Å². The van der Waals surface area contributed by atoms with Gasteiger partial charge in [0.2, 0.25) is 0 Å². The summed E-state index contributed by atoms with van der Waals surface area (Å²) in [6, 6.07) is 0. The molecule has 0 bridgehead atoms. The molecule has 0 aromatic heterocycles. The molecule has 0 aliphatic heterocycles. The molecule has 0 aliphatic rings. The van der Waals surface area contributed by atoms with Crippen molar-refractivity contribution >= 4 is 0 Å². The molecule has 0 aliphatic carbocycles. The van der Waals surface area contributed by atoms with Crippen LogP contribution < -0.4 is 0 Å². The van der Waals surface area contributed by atoms with E-state index in [0.29, 0.717) is 79.3 Å². The molecule has 14 heteroatoms. The molecule has 0 aromatic carbocycles. The highest BCUT2D eigenvalue weighted by atomic mass is 16.6. The first kappa shape index (κ1) is 70.4. The summed E-state index contributed by atoms with van der Waals surface area (Å²) < 4.78 is 89.2. The summed E-state index contributed by atoms with van der Waals surface area (Å²) >= 11 is 0. The van der Waals surface area contributed by atoms with Crippen molar-refractivity contribution in [2.24, 2.45) is 11.3 Å². The van der Waals surface area contributed by atoms with Gasteiger partial charge < -0.3 is 66.3 Å². The van der Waals surface area contributed by atoms with E-state index in [0.717, 1.165) is 0 Å². The molecule has 0 spiro atoms. The van der Waals surface area contributed by atoms with Crippen LogP contribution in [0.2, 0.25) is 0 Å². The zero-order valence-electron chi connectivity index (χ0n) is 51.2. The monoisotopic (exact) mass is 1020 g/mol. The van der Waals surface area contributed by atoms with E-state index in [4.69, 9.17) is 66.3 Å². The Balaban J connectivity index is 6.35. The van der Waals surface area contributed by atoms with E-state index in [9.17, 15) is 0 Å². The van der Waals surface area contributed by atoms with Crippen LogP contribution >= 0.6 is 0 Å². The van der Waals surface area contributed by atoms with Crippen LogP contribution in [-0.2, 0) is 66.3 Å². The van der Waals surface area contributed by atoms with Crippen molar-refractivity contribution in [2.75, 3.05) is 92.5 Å². The smallest absolute Gasteiger partial charge is 0.105 e. The summed E-state index contributed by atoms with van der Waals surface area (Å²) in [5, 5.41) is 0. The van der Waals surface area contributed by atoms with Gasteiger partial charge in [0.15, 0.2) is 0 Å². The number of hydrogen-bond acceptors (Lipinski definition) is 14. The molecule has 0 rings (SSSR count). The predicted molar refractivity (Wildman–Crippen MR) is 287 cm³/mol. The van der Waals surface area contributed by atoms with Gasteiger partial charge in [-0.2, -0.15) is 0 Å². The lowest BCUT2D eigenvalue weighted by Gasteiger charge is -2.33. The Bertz CT molecular complexity index is 1250. The summed E-state index contributed by atoms with van der Waals surface area (Å²) in [5.41, 5.74) is -3.00. The molecule has 0 saturated heterocycles. The molecule has 0 amide bonds. The lowest BCUT2D eigenvalue weighted by molar-refractivity contribution is -0.170. The van der Waals surface area contributed by atoms with Crippen molar-refractivity contribution in [3.63, 3.8) is 0 Å². The molecule has 71 heavy (non-hydrogen) atoms. The van der Waals surface area contributed by atoms with Gasteiger partial charge in [-0.3, -0.25) is 0 Å². The maximum Gasteiger partial charge on any atom is 0.105 e. The fraction of sp³-hybridized carbons (Fsp3) is 1.00. The Morgan fingerprint density at radius 3 is 0.606 bits per heavy atom. The summed E-state index contributed by atoms with van der Waals surface area (Å²) in [5.74, 6) is 0.0261. The normalized spacial score (nSPS) is 17.3. The average molecular weight is 1030 g/mol. The molecule has 14 nitrogen and oxygen atoms in total. The van der Waals surface area contributed by atoms with Crippen molar-refractivity contribution in [1.82, 2.24) is 0 Å². The molecule has 0 heterocycles. The highest BCUT2D eigenvalue weighted by Crippen LogP contribution is 2.27. The maximum atomic E-state index is 6.59. The SMILES string of the molecule is CC(C)(C)OCC(COCC(COCC(COCC(COCC(COC(C)(C)C)OC(C)(C)C)OCC(COC(C)(C)C)OC(C)(C)C)C(C)(C)C)OCC(COC(C)(C)C)OC(C)(C)C)OC(C)(C)C. The van der Waals surface area contributed by atoms with E-state index in [1.807, 2.05) is 166 Å². The quantitative estimate of drug-likeness (QED) is 0.0606. The summed E-state index contributed by atoms with van der Waals surface area (Å²) in [4.78, 5) is 0. The first-order chi connectivity index (χ1) is 31.8. The third-order valence-electron chi connectivity index (χ3n) is 9.61. The summed E-state index contributed by atoms with van der Waals surface area (Å²) in [7, 11) is 0. The van der Waals surface area contributed by atoms with Crippen molar-refractivity contribution in [1.29, 1.82) is 0 Å². The van der Waals surface area contributed by atoms with Gasteiger partial charge in [0.1, 0.15) is 36.6 Å². The van der Waals surface area contributed by atoms with Gasteiger partial charge in [-0.25, -0.2) is 0 Å². The van der Waals surface area contributed by atoms with E-state index >= 15 is 0 Å².